The van der Waals surface area contributed by atoms with Crippen LogP contribution in [0.25, 0.3) is 0 Å². The average Bonchev–Trinajstić information content (AvgIpc) is 2.29. The Kier molecular flexibility index (Phi) is 3.69. The van der Waals surface area contributed by atoms with Gasteiger partial charge in [0, 0.05) is 19.0 Å². The van der Waals surface area contributed by atoms with E-state index in [9.17, 15) is 0 Å². The summed E-state index contributed by atoms with van der Waals surface area (Å²) in [6.07, 6.45) is 0. The van der Waals surface area contributed by atoms with Crippen molar-refractivity contribution in [2.75, 3.05) is 25.6 Å². The highest BCUT2D eigenvalue weighted by Crippen LogP contribution is 2.30. The summed E-state index contributed by atoms with van der Waals surface area (Å²) in [6.45, 7) is 2.89. The summed E-state index contributed by atoms with van der Waals surface area (Å²) in [7, 11) is 0. The molecule has 0 fully saturated rings. The molecule has 0 spiro atoms. The highest BCUT2D eigenvalue weighted by molar-refractivity contribution is 6.18. The number of ether oxygens (including phenoxy) is 2. The van der Waals surface area contributed by atoms with Gasteiger partial charge in [0.05, 0.1) is 0 Å². The molecule has 1 aliphatic heterocycles. The third-order valence-corrected chi connectivity index (χ3v) is 2.40. The van der Waals surface area contributed by atoms with Gasteiger partial charge in [0.25, 0.3) is 0 Å². The summed E-state index contributed by atoms with van der Waals surface area (Å²) in [5.74, 6) is 2.30. The highest BCUT2D eigenvalue weighted by atomic mass is 35.5. The molecule has 4 heteroatoms. The van der Waals surface area contributed by atoms with Gasteiger partial charge in [-0.25, -0.2) is 0 Å². The number of rotatable bonds is 4. The molecule has 82 valence electrons. The molecule has 1 aromatic rings. The Labute approximate surface area is 94.3 Å². The van der Waals surface area contributed by atoms with Crippen molar-refractivity contribution in [2.45, 2.75) is 6.54 Å². The normalized spacial score (nSPS) is 13.9. The molecule has 0 saturated heterocycles. The predicted octanol–water partition coefficient (Wildman–Crippen LogP) is 1.79. The van der Waals surface area contributed by atoms with E-state index in [0.717, 1.165) is 24.6 Å². The summed E-state index contributed by atoms with van der Waals surface area (Å²) < 4.78 is 10.9. The fraction of sp³-hybridized carbons (Fsp3) is 0.455. The fourth-order valence-electron chi connectivity index (χ4n) is 1.50. The molecule has 0 unspecified atom stereocenters. The maximum absolute atomic E-state index is 5.58. The Morgan fingerprint density at radius 1 is 1.20 bits per heavy atom. The van der Waals surface area contributed by atoms with E-state index in [1.54, 1.807) is 0 Å². The van der Waals surface area contributed by atoms with Crippen LogP contribution in [-0.4, -0.2) is 25.6 Å². The Balaban J connectivity index is 2.00. The van der Waals surface area contributed by atoms with E-state index in [0.29, 0.717) is 19.1 Å². The lowest BCUT2D eigenvalue weighted by molar-refractivity contribution is 0.171. The van der Waals surface area contributed by atoms with E-state index in [4.69, 9.17) is 21.1 Å². The number of halogens is 1. The number of benzene rings is 1. The first-order valence-corrected chi connectivity index (χ1v) is 5.59. The number of nitrogens with one attached hydrogen (secondary N) is 1. The van der Waals surface area contributed by atoms with Gasteiger partial charge in [-0.05, 0) is 17.7 Å². The van der Waals surface area contributed by atoms with E-state index < -0.39 is 0 Å². The molecule has 1 aromatic carbocycles. The first kappa shape index (κ1) is 10.6. The molecular weight excluding hydrogens is 214 g/mol. The van der Waals surface area contributed by atoms with Crippen molar-refractivity contribution in [3.05, 3.63) is 23.8 Å². The van der Waals surface area contributed by atoms with Gasteiger partial charge in [-0.1, -0.05) is 6.07 Å². The van der Waals surface area contributed by atoms with E-state index in [-0.39, 0.29) is 0 Å². The maximum Gasteiger partial charge on any atom is 0.161 e. The third kappa shape index (κ3) is 2.76. The van der Waals surface area contributed by atoms with Crippen LogP contribution in [0.5, 0.6) is 11.5 Å². The Morgan fingerprint density at radius 3 is 2.80 bits per heavy atom. The highest BCUT2D eigenvalue weighted by Gasteiger charge is 2.11. The van der Waals surface area contributed by atoms with Crippen molar-refractivity contribution < 1.29 is 9.47 Å². The van der Waals surface area contributed by atoms with E-state index >= 15 is 0 Å². The molecule has 0 radical (unpaired) electrons. The van der Waals surface area contributed by atoms with Crippen LogP contribution in [0.3, 0.4) is 0 Å². The molecule has 0 bridgehead atoms. The molecule has 0 aliphatic carbocycles. The Bertz CT molecular complexity index is 330. The lowest BCUT2D eigenvalue weighted by Crippen LogP contribution is -2.17. The number of hydrogen-bond donors (Lipinski definition) is 1. The van der Waals surface area contributed by atoms with Crippen molar-refractivity contribution in [2.24, 2.45) is 0 Å². The summed E-state index contributed by atoms with van der Waals surface area (Å²) >= 11 is 5.58. The zero-order valence-corrected chi connectivity index (χ0v) is 9.22. The quantitative estimate of drug-likeness (QED) is 0.629. The Morgan fingerprint density at radius 2 is 2.00 bits per heavy atom. The van der Waals surface area contributed by atoms with Crippen LogP contribution in [0.4, 0.5) is 0 Å². The van der Waals surface area contributed by atoms with Gasteiger partial charge in [0.1, 0.15) is 13.2 Å². The van der Waals surface area contributed by atoms with Gasteiger partial charge in [-0.3, -0.25) is 0 Å². The molecule has 0 saturated carbocycles. The first-order chi connectivity index (χ1) is 7.40. The van der Waals surface area contributed by atoms with Crippen molar-refractivity contribution in [1.29, 1.82) is 0 Å². The number of alkyl halides is 1. The first-order valence-electron chi connectivity index (χ1n) is 5.05. The lowest BCUT2D eigenvalue weighted by atomic mass is 10.2. The lowest BCUT2D eigenvalue weighted by Gasteiger charge is -2.18. The van der Waals surface area contributed by atoms with Gasteiger partial charge in [0.15, 0.2) is 11.5 Å². The fourth-order valence-corrected chi connectivity index (χ4v) is 1.63. The smallest absolute Gasteiger partial charge is 0.161 e. The van der Waals surface area contributed by atoms with Gasteiger partial charge in [0.2, 0.25) is 0 Å². The minimum absolute atomic E-state index is 0.630. The summed E-state index contributed by atoms with van der Waals surface area (Å²) in [6, 6.07) is 6.00. The van der Waals surface area contributed by atoms with E-state index in [2.05, 4.69) is 5.32 Å². The minimum Gasteiger partial charge on any atom is -0.486 e. The van der Waals surface area contributed by atoms with E-state index in [1.165, 1.54) is 5.56 Å². The molecule has 0 aromatic heterocycles. The van der Waals surface area contributed by atoms with Crippen molar-refractivity contribution >= 4 is 11.6 Å². The van der Waals surface area contributed by atoms with Crippen LogP contribution in [-0.2, 0) is 6.54 Å². The molecule has 2 rings (SSSR count). The molecule has 15 heavy (non-hydrogen) atoms. The standard InChI is InChI=1S/C11H14ClNO2/c12-3-4-13-8-9-1-2-10-11(7-9)15-6-5-14-10/h1-2,7,13H,3-6,8H2. The number of fused-ring (bicyclic) bond motifs is 1. The van der Waals surface area contributed by atoms with Crippen molar-refractivity contribution in [3.63, 3.8) is 0 Å². The van der Waals surface area contributed by atoms with Crippen LogP contribution in [0, 0.1) is 0 Å². The molecular formula is C11H14ClNO2. The second-order valence-electron chi connectivity index (χ2n) is 3.34. The second-order valence-corrected chi connectivity index (χ2v) is 3.72. The van der Waals surface area contributed by atoms with Crippen LogP contribution in [0.1, 0.15) is 5.56 Å². The van der Waals surface area contributed by atoms with Gasteiger partial charge in [-0.2, -0.15) is 0 Å². The summed E-state index contributed by atoms with van der Waals surface area (Å²) in [5.41, 5.74) is 1.18. The molecule has 0 atom stereocenters. The van der Waals surface area contributed by atoms with Gasteiger partial charge < -0.3 is 14.8 Å². The average molecular weight is 228 g/mol. The molecule has 1 heterocycles. The Hall–Kier alpha value is -0.930. The third-order valence-electron chi connectivity index (χ3n) is 2.21. The zero-order valence-electron chi connectivity index (χ0n) is 8.46. The second kappa shape index (κ2) is 5.24. The van der Waals surface area contributed by atoms with Crippen LogP contribution in [0.2, 0.25) is 0 Å². The van der Waals surface area contributed by atoms with Crippen LogP contribution < -0.4 is 14.8 Å². The van der Waals surface area contributed by atoms with Crippen molar-refractivity contribution in [1.82, 2.24) is 5.32 Å². The monoisotopic (exact) mass is 227 g/mol. The van der Waals surface area contributed by atoms with Gasteiger partial charge in [-0.15, -0.1) is 11.6 Å². The topological polar surface area (TPSA) is 30.5 Å². The van der Waals surface area contributed by atoms with Crippen molar-refractivity contribution in [3.8, 4) is 11.5 Å². The van der Waals surface area contributed by atoms with Crippen LogP contribution in [0.15, 0.2) is 18.2 Å². The molecule has 1 N–H and O–H groups in total. The summed E-state index contributed by atoms with van der Waals surface area (Å²) in [4.78, 5) is 0. The summed E-state index contributed by atoms with van der Waals surface area (Å²) in [5, 5.41) is 3.23. The molecule has 0 amide bonds. The molecule has 1 aliphatic rings. The van der Waals surface area contributed by atoms with E-state index in [1.807, 2.05) is 18.2 Å². The van der Waals surface area contributed by atoms with Gasteiger partial charge >= 0.3 is 0 Å². The minimum atomic E-state index is 0.630. The maximum atomic E-state index is 5.58. The number of hydrogen-bond acceptors (Lipinski definition) is 3. The SMILES string of the molecule is ClCCNCc1ccc2c(c1)OCCO2. The predicted molar refractivity (Wildman–Crippen MR) is 59.9 cm³/mol. The molecule has 3 nitrogen and oxygen atoms in total. The largest absolute Gasteiger partial charge is 0.486 e. The zero-order chi connectivity index (χ0) is 10.5. The van der Waals surface area contributed by atoms with Crippen LogP contribution >= 0.6 is 11.6 Å².